The van der Waals surface area contributed by atoms with E-state index in [2.05, 4.69) is 10.9 Å². The summed E-state index contributed by atoms with van der Waals surface area (Å²) < 4.78 is 10.9. The fourth-order valence-electron chi connectivity index (χ4n) is 3.68. The monoisotopic (exact) mass is 521 g/mol. The molecule has 1 heterocycles. The number of nitrogens with one attached hydrogen (secondary N) is 2. The van der Waals surface area contributed by atoms with Crippen LogP contribution >= 0.6 is 11.6 Å². The molecule has 1 atom stereocenters. The highest BCUT2D eigenvalue weighted by Gasteiger charge is 2.36. The van der Waals surface area contributed by atoms with Crippen molar-refractivity contribution >= 4 is 41.0 Å². The maximum atomic E-state index is 12.5. The Kier molecular flexibility index (Phi) is 8.05. The van der Waals surface area contributed by atoms with Crippen molar-refractivity contribution in [2.75, 3.05) is 18.1 Å². The lowest BCUT2D eigenvalue weighted by Gasteiger charge is -2.17. The lowest BCUT2D eigenvalue weighted by molar-refractivity contribution is -0.152. The standard InChI is InChI=1S/C27H24ClN3O6/c1-17-6-10-20(11-7-17)37-21-12-8-19(9-13-21)31-15-18(14-25(31)33)27(35)36-16-24(32)29-30-26(34)22-4-2-3-5-23(22)28/h2-13,18H,14-16H2,1H3,(H,29,32)(H,30,34)/t18-/m0/s1. The van der Waals surface area contributed by atoms with Gasteiger partial charge in [-0.05, 0) is 55.5 Å². The zero-order valence-corrected chi connectivity index (χ0v) is 20.7. The van der Waals surface area contributed by atoms with E-state index in [0.29, 0.717) is 17.2 Å². The summed E-state index contributed by atoms with van der Waals surface area (Å²) >= 11 is 5.94. The predicted molar refractivity (Wildman–Crippen MR) is 136 cm³/mol. The van der Waals surface area contributed by atoms with Crippen LogP contribution in [0.3, 0.4) is 0 Å². The van der Waals surface area contributed by atoms with Crippen LogP contribution in [-0.4, -0.2) is 36.8 Å². The fraction of sp³-hybridized carbons (Fsp3) is 0.185. The van der Waals surface area contributed by atoms with Crippen molar-refractivity contribution in [3.63, 3.8) is 0 Å². The summed E-state index contributed by atoms with van der Waals surface area (Å²) in [7, 11) is 0. The van der Waals surface area contributed by atoms with Crippen molar-refractivity contribution in [1.82, 2.24) is 10.9 Å². The van der Waals surface area contributed by atoms with Crippen LogP contribution in [0.25, 0.3) is 0 Å². The van der Waals surface area contributed by atoms with Crippen molar-refractivity contribution in [3.05, 3.63) is 88.9 Å². The molecule has 3 aromatic carbocycles. The van der Waals surface area contributed by atoms with Crippen LogP contribution in [0.4, 0.5) is 5.69 Å². The van der Waals surface area contributed by atoms with Crippen LogP contribution in [0, 0.1) is 12.8 Å². The Balaban J connectivity index is 1.24. The van der Waals surface area contributed by atoms with Gasteiger partial charge in [0.05, 0.1) is 16.5 Å². The quantitative estimate of drug-likeness (QED) is 0.361. The van der Waals surface area contributed by atoms with Gasteiger partial charge in [0.25, 0.3) is 11.8 Å². The molecule has 1 aliphatic heterocycles. The minimum absolute atomic E-state index is 0.0364. The Bertz CT molecular complexity index is 1310. The number of hydrogen-bond acceptors (Lipinski definition) is 6. The number of nitrogens with zero attached hydrogens (tertiary/aromatic N) is 1. The van der Waals surface area contributed by atoms with Gasteiger partial charge in [0.1, 0.15) is 11.5 Å². The van der Waals surface area contributed by atoms with Gasteiger partial charge in [0, 0.05) is 18.7 Å². The average molecular weight is 522 g/mol. The second-order valence-electron chi connectivity index (χ2n) is 8.40. The maximum Gasteiger partial charge on any atom is 0.311 e. The molecule has 1 saturated heterocycles. The van der Waals surface area contributed by atoms with Gasteiger partial charge in [0.15, 0.2) is 6.61 Å². The van der Waals surface area contributed by atoms with Crippen LogP contribution < -0.4 is 20.5 Å². The average Bonchev–Trinajstić information content (AvgIpc) is 3.29. The lowest BCUT2D eigenvalue weighted by Crippen LogP contribution is -2.44. The van der Waals surface area contributed by atoms with E-state index in [9.17, 15) is 19.2 Å². The summed E-state index contributed by atoms with van der Waals surface area (Å²) in [5.41, 5.74) is 6.29. The van der Waals surface area contributed by atoms with Crippen molar-refractivity contribution in [1.29, 1.82) is 0 Å². The number of carbonyl (C=O) groups is 4. The third kappa shape index (κ3) is 6.65. The number of hydrogen-bond donors (Lipinski definition) is 2. The summed E-state index contributed by atoms with van der Waals surface area (Å²) in [5.74, 6) is -1.67. The number of amides is 3. The number of ether oxygens (including phenoxy) is 2. The first kappa shape index (κ1) is 25.7. The summed E-state index contributed by atoms with van der Waals surface area (Å²) in [6.07, 6.45) is -0.0364. The molecule has 0 aliphatic carbocycles. The second-order valence-corrected chi connectivity index (χ2v) is 8.81. The molecular weight excluding hydrogens is 498 g/mol. The first-order valence-corrected chi connectivity index (χ1v) is 11.8. The zero-order valence-electron chi connectivity index (χ0n) is 19.9. The lowest BCUT2D eigenvalue weighted by atomic mass is 10.1. The molecule has 2 N–H and O–H groups in total. The van der Waals surface area contributed by atoms with E-state index < -0.39 is 30.3 Å². The first-order chi connectivity index (χ1) is 17.8. The molecule has 1 fully saturated rings. The molecule has 1 aliphatic rings. The van der Waals surface area contributed by atoms with Crippen LogP contribution in [0.1, 0.15) is 22.3 Å². The third-order valence-corrected chi connectivity index (χ3v) is 5.97. The topological polar surface area (TPSA) is 114 Å². The number of anilines is 1. The third-order valence-electron chi connectivity index (χ3n) is 5.64. The van der Waals surface area contributed by atoms with Crippen molar-refractivity contribution in [2.24, 2.45) is 5.92 Å². The SMILES string of the molecule is Cc1ccc(Oc2ccc(N3C[C@@H](C(=O)OCC(=O)NNC(=O)c4ccccc4Cl)CC3=O)cc2)cc1. The molecular formula is C27H24ClN3O6. The highest BCUT2D eigenvalue weighted by atomic mass is 35.5. The summed E-state index contributed by atoms with van der Waals surface area (Å²) in [6, 6.07) is 21.0. The summed E-state index contributed by atoms with van der Waals surface area (Å²) in [4.78, 5) is 50.5. The second kappa shape index (κ2) is 11.6. The zero-order chi connectivity index (χ0) is 26.4. The number of benzene rings is 3. The Morgan fingerprint density at radius 3 is 2.27 bits per heavy atom. The van der Waals surface area contributed by atoms with E-state index in [1.165, 1.54) is 11.0 Å². The van der Waals surface area contributed by atoms with E-state index in [1.807, 2.05) is 31.2 Å². The van der Waals surface area contributed by atoms with Gasteiger partial charge in [-0.1, -0.05) is 41.4 Å². The van der Waals surface area contributed by atoms with Crippen LogP contribution in [0.15, 0.2) is 72.8 Å². The number of rotatable bonds is 7. The van der Waals surface area contributed by atoms with E-state index in [-0.39, 0.29) is 29.5 Å². The Morgan fingerprint density at radius 2 is 1.59 bits per heavy atom. The molecule has 0 aromatic heterocycles. The molecule has 3 aromatic rings. The molecule has 9 nitrogen and oxygen atoms in total. The molecule has 3 amide bonds. The number of aryl methyl sites for hydroxylation is 1. The van der Waals surface area contributed by atoms with Crippen molar-refractivity contribution in [2.45, 2.75) is 13.3 Å². The van der Waals surface area contributed by atoms with Crippen LogP contribution in [0.2, 0.25) is 5.02 Å². The molecule has 37 heavy (non-hydrogen) atoms. The van der Waals surface area contributed by atoms with Gasteiger partial charge in [-0.25, -0.2) is 0 Å². The molecule has 4 rings (SSSR count). The minimum atomic E-state index is -0.737. The minimum Gasteiger partial charge on any atom is -0.457 e. The van der Waals surface area contributed by atoms with E-state index in [4.69, 9.17) is 21.1 Å². The maximum absolute atomic E-state index is 12.5. The largest absolute Gasteiger partial charge is 0.457 e. The van der Waals surface area contributed by atoms with Gasteiger partial charge in [-0.3, -0.25) is 30.0 Å². The Hall–Kier alpha value is -4.37. The van der Waals surface area contributed by atoms with Gasteiger partial charge in [-0.2, -0.15) is 0 Å². The van der Waals surface area contributed by atoms with Gasteiger partial charge >= 0.3 is 5.97 Å². The normalized spacial score (nSPS) is 14.7. The number of hydrazine groups is 1. The Labute approximate surface area is 218 Å². The molecule has 0 unspecified atom stereocenters. The van der Waals surface area contributed by atoms with Crippen LogP contribution in [0.5, 0.6) is 11.5 Å². The van der Waals surface area contributed by atoms with Gasteiger partial charge in [0.2, 0.25) is 5.91 Å². The highest BCUT2D eigenvalue weighted by Crippen LogP contribution is 2.29. The number of carbonyl (C=O) groups excluding carboxylic acids is 4. The Morgan fingerprint density at radius 1 is 0.946 bits per heavy atom. The van der Waals surface area contributed by atoms with E-state index in [0.717, 1.165) is 5.56 Å². The molecule has 10 heteroatoms. The van der Waals surface area contributed by atoms with Crippen molar-refractivity contribution in [3.8, 4) is 11.5 Å². The van der Waals surface area contributed by atoms with Crippen molar-refractivity contribution < 1.29 is 28.7 Å². The van der Waals surface area contributed by atoms with E-state index in [1.54, 1.807) is 42.5 Å². The smallest absolute Gasteiger partial charge is 0.311 e. The number of esters is 1. The highest BCUT2D eigenvalue weighted by molar-refractivity contribution is 6.33. The summed E-state index contributed by atoms with van der Waals surface area (Å²) in [5, 5.41) is 0.226. The fourth-order valence-corrected chi connectivity index (χ4v) is 3.90. The first-order valence-electron chi connectivity index (χ1n) is 11.5. The predicted octanol–water partition coefficient (Wildman–Crippen LogP) is 3.80. The molecule has 0 spiro atoms. The molecule has 190 valence electrons. The van der Waals surface area contributed by atoms with Crippen LogP contribution in [-0.2, 0) is 19.1 Å². The van der Waals surface area contributed by atoms with Gasteiger partial charge in [-0.15, -0.1) is 0 Å². The molecule has 0 radical (unpaired) electrons. The molecule has 0 bridgehead atoms. The van der Waals surface area contributed by atoms with Gasteiger partial charge < -0.3 is 14.4 Å². The summed E-state index contributed by atoms with van der Waals surface area (Å²) in [6.45, 7) is 1.50. The van der Waals surface area contributed by atoms with E-state index >= 15 is 0 Å². The number of halogens is 1. The molecule has 0 saturated carbocycles.